The summed E-state index contributed by atoms with van der Waals surface area (Å²) in [4.78, 5) is 11.9. The molecule has 0 fully saturated rings. The number of rotatable bonds is 5. The SMILES string of the molecule is CC(C)(C)OC(=O)[CH-]CC(=[C-]c1ccccc1)c1ccccc1.[Ti+4].c1cc[cH-]c1.c1cc[cH-]c1. The van der Waals surface area contributed by atoms with Crippen molar-refractivity contribution in [1.29, 1.82) is 0 Å². The third-order valence-corrected chi connectivity index (χ3v) is 4.18. The number of carbonyl (C=O) groups excluding carboxylic acids is 1. The molecule has 3 heteroatoms. The molecular formula is C31H32O2Ti. The fourth-order valence-electron chi connectivity index (χ4n) is 2.75. The first kappa shape index (κ1) is 29.0. The largest absolute Gasteiger partial charge is 4.00 e. The molecule has 0 atom stereocenters. The van der Waals surface area contributed by atoms with Crippen molar-refractivity contribution in [3.05, 3.63) is 145 Å². The Kier molecular flexibility index (Phi) is 14.1. The van der Waals surface area contributed by atoms with Gasteiger partial charge in [-0.3, -0.25) is 11.2 Å². The van der Waals surface area contributed by atoms with E-state index < -0.39 is 5.60 Å². The summed E-state index contributed by atoms with van der Waals surface area (Å²) in [6.07, 6.45) is 5.44. The monoisotopic (exact) mass is 484 g/mol. The number of carbonyl (C=O) groups is 1. The van der Waals surface area contributed by atoms with Gasteiger partial charge < -0.3 is 4.74 Å². The van der Waals surface area contributed by atoms with Gasteiger partial charge in [0.2, 0.25) is 0 Å². The van der Waals surface area contributed by atoms with Crippen LogP contribution >= 0.6 is 0 Å². The third kappa shape index (κ3) is 13.5. The van der Waals surface area contributed by atoms with E-state index in [1.54, 1.807) is 6.42 Å². The van der Waals surface area contributed by atoms with Crippen LogP contribution in [-0.4, -0.2) is 11.6 Å². The summed E-state index contributed by atoms with van der Waals surface area (Å²) < 4.78 is 5.34. The van der Waals surface area contributed by atoms with Crippen LogP contribution in [0.3, 0.4) is 0 Å². The molecule has 172 valence electrons. The van der Waals surface area contributed by atoms with E-state index in [-0.39, 0.29) is 27.7 Å². The molecule has 0 spiro atoms. The maximum atomic E-state index is 11.9. The normalized spacial score (nSPS) is 10.4. The van der Waals surface area contributed by atoms with Crippen molar-refractivity contribution < 1.29 is 31.2 Å². The van der Waals surface area contributed by atoms with Gasteiger partial charge in [-0.15, -0.1) is 42.3 Å². The summed E-state index contributed by atoms with van der Waals surface area (Å²) in [5, 5.41) is 0. The molecule has 0 saturated heterocycles. The van der Waals surface area contributed by atoms with Crippen molar-refractivity contribution in [2.24, 2.45) is 0 Å². The van der Waals surface area contributed by atoms with Crippen LogP contribution in [0.25, 0.3) is 5.57 Å². The van der Waals surface area contributed by atoms with Gasteiger partial charge in [-0.05, 0) is 20.8 Å². The first-order valence-electron chi connectivity index (χ1n) is 11.1. The number of ether oxygens (including phenoxy) is 1. The summed E-state index contributed by atoms with van der Waals surface area (Å²) in [5.41, 5.74) is 2.52. The molecule has 0 saturated carbocycles. The van der Waals surface area contributed by atoms with Crippen molar-refractivity contribution in [3.8, 4) is 0 Å². The van der Waals surface area contributed by atoms with Gasteiger partial charge in [0.1, 0.15) is 5.60 Å². The Morgan fingerprint density at radius 2 is 1.26 bits per heavy atom. The molecule has 2 nitrogen and oxygen atoms in total. The topological polar surface area (TPSA) is 26.3 Å². The van der Waals surface area contributed by atoms with Crippen molar-refractivity contribution in [2.75, 3.05) is 0 Å². The van der Waals surface area contributed by atoms with Crippen molar-refractivity contribution >= 4 is 11.5 Å². The first-order valence-corrected chi connectivity index (χ1v) is 11.1. The average Bonchev–Trinajstić information content (AvgIpc) is 3.56. The second kappa shape index (κ2) is 16.5. The van der Waals surface area contributed by atoms with Crippen LogP contribution in [-0.2, 0) is 31.2 Å². The van der Waals surface area contributed by atoms with E-state index in [1.165, 1.54) is 0 Å². The van der Waals surface area contributed by atoms with Crippen LogP contribution in [0.2, 0.25) is 0 Å². The quantitative estimate of drug-likeness (QED) is 0.126. The van der Waals surface area contributed by atoms with Crippen LogP contribution in [0.5, 0.6) is 0 Å². The molecule has 0 bridgehead atoms. The van der Waals surface area contributed by atoms with E-state index in [4.69, 9.17) is 4.74 Å². The Hall–Kier alpha value is -3.07. The molecule has 0 aliphatic carbocycles. The van der Waals surface area contributed by atoms with E-state index in [0.717, 1.165) is 16.7 Å². The van der Waals surface area contributed by atoms with Crippen LogP contribution < -0.4 is 0 Å². The zero-order valence-corrected chi connectivity index (χ0v) is 21.7. The predicted octanol–water partition coefficient (Wildman–Crippen LogP) is 7.67. The standard InChI is InChI=1S/C21H22O2.2C5H5.Ti/c1-21(2,3)23-20(22)15-14-19(18-12-8-5-9-13-18)16-17-10-6-4-7-11-17;2*1-2-4-5-3-1;/h4-13,15H,14H2,1-3H3;2*1-5H;/q-2;2*-1;+4. The molecule has 4 aromatic carbocycles. The van der Waals surface area contributed by atoms with Gasteiger partial charge in [-0.2, -0.15) is 42.0 Å². The van der Waals surface area contributed by atoms with Crippen molar-refractivity contribution in [3.63, 3.8) is 0 Å². The zero-order valence-electron chi connectivity index (χ0n) is 20.1. The Balaban J connectivity index is 0.000000430. The molecule has 0 aliphatic heterocycles. The summed E-state index contributed by atoms with van der Waals surface area (Å²) in [5.74, 6) is -0.305. The van der Waals surface area contributed by atoms with Crippen LogP contribution in [0.15, 0.2) is 121 Å². The Labute approximate surface area is 219 Å². The van der Waals surface area contributed by atoms with Gasteiger partial charge in [0.05, 0.1) is 0 Å². The van der Waals surface area contributed by atoms with Gasteiger partial charge in [0.25, 0.3) is 0 Å². The fraction of sp³-hybridized carbons (Fsp3) is 0.161. The first-order chi connectivity index (χ1) is 15.9. The Morgan fingerprint density at radius 3 is 1.68 bits per heavy atom. The molecular weight excluding hydrogens is 452 g/mol. The Bertz CT molecular complexity index is 950. The average molecular weight is 484 g/mol. The summed E-state index contributed by atoms with van der Waals surface area (Å²) >= 11 is 0. The number of hydrogen-bond acceptors (Lipinski definition) is 2. The maximum absolute atomic E-state index is 11.9. The number of hydrogen-bond donors (Lipinski definition) is 0. The van der Waals surface area contributed by atoms with Gasteiger partial charge in [0, 0.05) is 0 Å². The predicted molar refractivity (Wildman–Crippen MR) is 137 cm³/mol. The number of esters is 1. The molecule has 4 aromatic rings. The molecule has 0 radical (unpaired) electrons. The fourth-order valence-corrected chi connectivity index (χ4v) is 2.75. The minimum absolute atomic E-state index is 0. The third-order valence-electron chi connectivity index (χ3n) is 4.18. The summed E-state index contributed by atoms with van der Waals surface area (Å²) in [7, 11) is 0. The molecule has 0 heterocycles. The molecule has 0 aromatic heterocycles. The number of benzene rings is 2. The van der Waals surface area contributed by atoms with E-state index in [0.29, 0.717) is 6.42 Å². The molecule has 0 unspecified atom stereocenters. The van der Waals surface area contributed by atoms with E-state index in [9.17, 15) is 4.79 Å². The summed E-state index contributed by atoms with van der Waals surface area (Å²) in [6, 6.07) is 39.9. The van der Waals surface area contributed by atoms with Crippen LogP contribution in [0.4, 0.5) is 0 Å². The van der Waals surface area contributed by atoms with E-state index in [1.807, 2.05) is 142 Å². The van der Waals surface area contributed by atoms with Crippen molar-refractivity contribution in [2.45, 2.75) is 32.8 Å². The zero-order chi connectivity index (χ0) is 23.8. The van der Waals surface area contributed by atoms with Crippen molar-refractivity contribution in [1.82, 2.24) is 0 Å². The Morgan fingerprint density at radius 1 is 0.794 bits per heavy atom. The van der Waals surface area contributed by atoms with Gasteiger partial charge >= 0.3 is 21.7 Å². The van der Waals surface area contributed by atoms with Gasteiger partial charge in [-0.1, -0.05) is 42.0 Å². The molecule has 4 rings (SSSR count). The van der Waals surface area contributed by atoms with Gasteiger partial charge in [0.15, 0.2) is 5.97 Å². The van der Waals surface area contributed by atoms with Gasteiger partial charge in [-0.25, -0.2) is 24.3 Å². The molecule has 34 heavy (non-hydrogen) atoms. The van der Waals surface area contributed by atoms with Crippen LogP contribution in [0, 0.1) is 12.5 Å². The van der Waals surface area contributed by atoms with Crippen LogP contribution in [0.1, 0.15) is 38.3 Å². The van der Waals surface area contributed by atoms with E-state index in [2.05, 4.69) is 6.08 Å². The smallest absolute Gasteiger partial charge is 0.483 e. The second-order valence-electron chi connectivity index (χ2n) is 8.20. The second-order valence-corrected chi connectivity index (χ2v) is 8.20. The number of allylic oxidation sites excluding steroid dienone is 1. The molecule has 0 N–H and O–H groups in total. The van der Waals surface area contributed by atoms with E-state index >= 15 is 0 Å². The minimum atomic E-state index is -0.479. The minimum Gasteiger partial charge on any atom is -0.483 e. The molecule has 0 amide bonds. The molecule has 0 aliphatic rings. The maximum Gasteiger partial charge on any atom is 4.00 e. The summed E-state index contributed by atoms with van der Waals surface area (Å²) in [6.45, 7) is 5.59.